The first-order chi connectivity index (χ1) is 29.6. The van der Waals surface area contributed by atoms with E-state index in [1.807, 2.05) is 13.8 Å². The smallest absolute Gasteiger partial charge is 0.294 e. The number of aryl methyl sites for hydroxylation is 7. The molecule has 2 aromatic carbocycles. The Hall–Kier alpha value is -6.28. The second-order valence-electron chi connectivity index (χ2n) is 15.5. The summed E-state index contributed by atoms with van der Waals surface area (Å²) in [5.74, 6) is 0.619. The minimum atomic E-state index is -0.767. The fourth-order valence-corrected chi connectivity index (χ4v) is 9.57. The van der Waals surface area contributed by atoms with Crippen LogP contribution in [0.3, 0.4) is 0 Å². The van der Waals surface area contributed by atoms with Crippen molar-refractivity contribution in [3.63, 3.8) is 0 Å². The van der Waals surface area contributed by atoms with Gasteiger partial charge in [0.2, 0.25) is 0 Å². The molecule has 0 saturated heterocycles. The Kier molecular flexibility index (Phi) is 12.6. The van der Waals surface area contributed by atoms with E-state index in [9.17, 15) is 9.59 Å². The highest BCUT2D eigenvalue weighted by atomic mass is 32.1. The molecule has 4 amide bonds. The van der Waals surface area contributed by atoms with Gasteiger partial charge in [0.1, 0.15) is 5.82 Å². The van der Waals surface area contributed by atoms with Crippen LogP contribution in [0.25, 0.3) is 0 Å². The van der Waals surface area contributed by atoms with Crippen molar-refractivity contribution in [2.45, 2.75) is 90.9 Å². The Balaban J connectivity index is 1.21. The summed E-state index contributed by atoms with van der Waals surface area (Å²) in [6.07, 6.45) is 12.2. The highest BCUT2D eigenvalue weighted by Gasteiger charge is 2.38. The summed E-state index contributed by atoms with van der Waals surface area (Å²) >= 11 is 2.54. The van der Waals surface area contributed by atoms with Crippen molar-refractivity contribution in [3.05, 3.63) is 92.4 Å². The number of benzene rings is 2. The Labute approximate surface area is 359 Å². The predicted octanol–water partition coefficient (Wildman–Crippen LogP) is 7.26. The number of nitrogens with zero attached hydrogens (tertiary/aromatic N) is 11. The molecule has 0 unspecified atom stereocenters. The highest BCUT2D eigenvalue weighted by Crippen LogP contribution is 2.38. The zero-order valence-corrected chi connectivity index (χ0v) is 35.8. The number of hydrogen-bond donors (Lipinski definition) is 3. The molecule has 8 rings (SSSR count). The predicted molar refractivity (Wildman–Crippen MR) is 230 cm³/mol. The van der Waals surface area contributed by atoms with Gasteiger partial charge in [-0.25, -0.2) is 29.3 Å². The number of aromatic amines is 1. The molecule has 0 spiro atoms. The van der Waals surface area contributed by atoms with Gasteiger partial charge >= 0.3 is 12.1 Å². The number of carbonyl (C=O) groups excluding carboxylic acids is 4. The molecule has 0 aliphatic heterocycles. The maximum atomic E-state index is 15.2. The van der Waals surface area contributed by atoms with Crippen LogP contribution in [0.1, 0.15) is 105 Å². The van der Waals surface area contributed by atoms with E-state index in [4.69, 9.17) is 0 Å². The molecule has 0 atom stereocenters. The van der Waals surface area contributed by atoms with Gasteiger partial charge in [-0.1, -0.05) is 48.9 Å². The fraction of sp³-hybridized carbons (Fsp3) is 0.415. The lowest BCUT2D eigenvalue weighted by molar-refractivity contribution is 0.0915. The summed E-state index contributed by atoms with van der Waals surface area (Å²) < 4.78 is 1.60. The van der Waals surface area contributed by atoms with E-state index in [1.54, 1.807) is 60.5 Å². The van der Waals surface area contributed by atoms with Crippen molar-refractivity contribution in [1.82, 2.24) is 50.8 Å². The molecule has 18 nitrogen and oxygen atoms in total. The van der Waals surface area contributed by atoms with Gasteiger partial charge in [0.15, 0.2) is 27.7 Å². The van der Waals surface area contributed by atoms with E-state index in [0.29, 0.717) is 48.5 Å². The molecule has 2 aliphatic rings. The molecule has 2 saturated carbocycles. The van der Waals surface area contributed by atoms with Crippen LogP contribution < -0.4 is 20.7 Å². The van der Waals surface area contributed by atoms with Crippen LogP contribution in [-0.2, 0) is 32.7 Å². The van der Waals surface area contributed by atoms with E-state index in [0.717, 1.165) is 72.2 Å². The lowest BCUT2D eigenvalue weighted by Gasteiger charge is -2.36. The SMILES string of the molecule is Cc1ccc(N(C(=O)Nc2ncc(CCc3nnn[nH]3)s2)N(C(=O)Nc2ncc(CCc3nnnn3C)s2)c2ccc(C)cc2C(=O)C2CCCC2)c(C(=O)C2CCCC2)c1. The number of carbonyl (C=O) groups is 4. The van der Waals surface area contributed by atoms with E-state index < -0.39 is 12.1 Å². The number of tetrazole rings is 2. The maximum absolute atomic E-state index is 15.2. The van der Waals surface area contributed by atoms with Gasteiger partial charge in [0.05, 0.1) is 11.4 Å². The van der Waals surface area contributed by atoms with Crippen molar-refractivity contribution in [1.29, 1.82) is 0 Å². The monoisotopic (exact) mass is 862 g/mol. The Morgan fingerprint density at radius 3 is 1.67 bits per heavy atom. The quantitative estimate of drug-likeness (QED) is 0.0727. The zero-order valence-electron chi connectivity index (χ0n) is 34.1. The zero-order chi connectivity index (χ0) is 42.5. The number of nitrogens with one attached hydrogen (secondary N) is 3. The van der Waals surface area contributed by atoms with Crippen molar-refractivity contribution in [2.24, 2.45) is 18.9 Å². The van der Waals surface area contributed by atoms with Crippen LogP contribution >= 0.6 is 22.7 Å². The molecule has 0 bridgehead atoms. The second kappa shape index (κ2) is 18.5. The number of hydrazine groups is 1. The minimum absolute atomic E-state index is 0.109. The van der Waals surface area contributed by atoms with Crippen molar-refractivity contribution >= 4 is 67.9 Å². The number of anilines is 4. The number of amides is 4. The summed E-state index contributed by atoms with van der Waals surface area (Å²) in [5.41, 5.74) is 2.58. The molecule has 4 aromatic heterocycles. The molecule has 4 heterocycles. The second-order valence-corrected chi connectivity index (χ2v) is 17.8. The van der Waals surface area contributed by atoms with Crippen molar-refractivity contribution in [2.75, 3.05) is 20.7 Å². The molecular formula is C41H46N14O4S2. The lowest BCUT2D eigenvalue weighted by atomic mass is 9.93. The first-order valence-corrected chi connectivity index (χ1v) is 22.1. The summed E-state index contributed by atoms with van der Waals surface area (Å²) in [7, 11) is 1.77. The van der Waals surface area contributed by atoms with E-state index in [-0.39, 0.29) is 45.0 Å². The Morgan fingerprint density at radius 1 is 0.705 bits per heavy atom. The van der Waals surface area contributed by atoms with E-state index >= 15 is 9.59 Å². The van der Waals surface area contributed by atoms with Gasteiger partial charge in [0, 0.05) is 65.0 Å². The molecule has 61 heavy (non-hydrogen) atoms. The number of rotatable bonds is 14. The third-order valence-corrected chi connectivity index (χ3v) is 13.1. The van der Waals surface area contributed by atoms with Crippen LogP contribution in [0.15, 0.2) is 48.8 Å². The standard InChI is InChI=1S/C41H46N14O4S2/c1-24-12-16-32(30(20-24)36(56)26-8-4-5-9-26)54(40(58)44-38-42-22-28(60-38)14-18-34-46-49-50-47-34)55(33-17-13-25(2)21-31(33)37(57)27-10-6-7-11-27)41(59)45-39-43-23-29(61-39)15-19-35-48-51-52-53(35)3/h12-13,16-17,20-23,26-27H,4-11,14-15,18-19H2,1-3H3,(H,42,44,58)(H,43,45,59)(H,46,47,49,50). The molecule has 0 radical (unpaired) electrons. The molecule has 20 heteroatoms. The van der Waals surface area contributed by atoms with Crippen LogP contribution in [0.5, 0.6) is 0 Å². The number of aromatic nitrogens is 10. The van der Waals surface area contributed by atoms with Gasteiger partial charge in [0.25, 0.3) is 0 Å². The topological polar surface area (TPSA) is 223 Å². The minimum Gasteiger partial charge on any atom is -0.294 e. The van der Waals surface area contributed by atoms with E-state index in [1.165, 1.54) is 32.7 Å². The summed E-state index contributed by atoms with van der Waals surface area (Å²) in [6.45, 7) is 3.77. The maximum Gasteiger partial charge on any atom is 0.347 e. The van der Waals surface area contributed by atoms with E-state index in [2.05, 4.69) is 56.8 Å². The first-order valence-electron chi connectivity index (χ1n) is 20.5. The molecule has 2 aliphatic carbocycles. The Morgan fingerprint density at radius 2 is 1.21 bits per heavy atom. The van der Waals surface area contributed by atoms with Crippen LogP contribution in [0, 0.1) is 25.7 Å². The lowest BCUT2D eigenvalue weighted by Crippen LogP contribution is -2.55. The normalized spacial score (nSPS) is 14.3. The van der Waals surface area contributed by atoms with Gasteiger partial charge in [-0.3, -0.25) is 20.2 Å². The summed E-state index contributed by atoms with van der Waals surface area (Å²) in [4.78, 5) is 70.0. The van der Waals surface area contributed by atoms with Crippen LogP contribution in [-0.4, -0.2) is 74.4 Å². The molecule has 6 aromatic rings. The third-order valence-electron chi connectivity index (χ3n) is 11.2. The highest BCUT2D eigenvalue weighted by molar-refractivity contribution is 7.16. The average Bonchev–Trinajstić information content (AvgIpc) is 4.11. The van der Waals surface area contributed by atoms with Gasteiger partial charge in [-0.05, 0) is 97.5 Å². The number of H-pyrrole nitrogens is 1. The number of hydrogen-bond acceptors (Lipinski definition) is 14. The van der Waals surface area contributed by atoms with Gasteiger partial charge < -0.3 is 0 Å². The Bertz CT molecular complexity index is 2520. The van der Waals surface area contributed by atoms with Crippen molar-refractivity contribution in [3.8, 4) is 0 Å². The summed E-state index contributed by atoms with van der Waals surface area (Å²) in [6, 6.07) is 8.98. The average molecular weight is 863 g/mol. The molecule has 2 fully saturated rings. The number of Topliss-reactive ketones (excluding diaryl/α,β-unsaturated/α-hetero) is 2. The van der Waals surface area contributed by atoms with Crippen LogP contribution in [0.2, 0.25) is 0 Å². The summed E-state index contributed by atoms with van der Waals surface area (Å²) in [5, 5.41) is 34.4. The number of ketones is 2. The first kappa shape index (κ1) is 41.5. The third kappa shape index (κ3) is 9.54. The fourth-order valence-electron chi connectivity index (χ4n) is 7.97. The van der Waals surface area contributed by atoms with Gasteiger partial charge in [-0.2, -0.15) is 10.0 Å². The largest absolute Gasteiger partial charge is 0.347 e. The van der Waals surface area contributed by atoms with Crippen molar-refractivity contribution < 1.29 is 19.2 Å². The number of thiazole rings is 2. The number of urea groups is 2. The van der Waals surface area contributed by atoms with Crippen LogP contribution in [0.4, 0.5) is 31.2 Å². The van der Waals surface area contributed by atoms with Gasteiger partial charge in [-0.15, -0.1) is 32.9 Å². The molecule has 3 N–H and O–H groups in total. The molecule has 316 valence electrons. The molecular weight excluding hydrogens is 817 g/mol.